The van der Waals surface area contributed by atoms with Crippen LogP contribution in [0.1, 0.15) is 102 Å². The fourth-order valence-corrected chi connectivity index (χ4v) is 6.42. The van der Waals surface area contributed by atoms with Gasteiger partial charge in [0, 0.05) is 6.08 Å². The lowest BCUT2D eigenvalue weighted by atomic mass is 9.69. The van der Waals surface area contributed by atoms with Crippen LogP contribution in [0.3, 0.4) is 0 Å². The van der Waals surface area contributed by atoms with Crippen LogP contribution in [-0.2, 0) is 20.7 Å². The van der Waals surface area contributed by atoms with Gasteiger partial charge in [0.2, 0.25) is 0 Å². The minimum absolute atomic E-state index is 0.000762. The highest BCUT2D eigenvalue weighted by Crippen LogP contribution is 2.42. The van der Waals surface area contributed by atoms with E-state index in [0.29, 0.717) is 17.4 Å². The summed E-state index contributed by atoms with van der Waals surface area (Å²) in [6.45, 7) is 6.13. The van der Waals surface area contributed by atoms with E-state index in [2.05, 4.69) is 13.5 Å². The number of carbonyl (C=O) groups is 2. The van der Waals surface area contributed by atoms with Gasteiger partial charge >= 0.3 is 11.9 Å². The van der Waals surface area contributed by atoms with E-state index >= 15 is 0 Å². The summed E-state index contributed by atoms with van der Waals surface area (Å²) in [7, 11) is 0. The van der Waals surface area contributed by atoms with Gasteiger partial charge in [-0.05, 0) is 93.2 Å². The quantitative estimate of drug-likeness (QED) is 0.114. The zero-order chi connectivity index (χ0) is 25.8. The first kappa shape index (κ1) is 28.8. The Bertz CT molecular complexity index is 835. The molecule has 0 atom stereocenters. The lowest BCUT2D eigenvalue weighted by Crippen LogP contribution is -2.30. The molecule has 5 heteroatoms. The highest BCUT2D eigenvalue weighted by atomic mass is 35.5. The monoisotopic (exact) mass is 516 g/mol. The van der Waals surface area contributed by atoms with Crippen LogP contribution in [0.25, 0.3) is 0 Å². The molecule has 0 heterocycles. The smallest absolute Gasteiger partial charge is 0.330 e. The van der Waals surface area contributed by atoms with Crippen molar-refractivity contribution in [2.45, 2.75) is 103 Å². The Morgan fingerprint density at radius 2 is 1.64 bits per heavy atom. The molecule has 0 spiro atoms. The van der Waals surface area contributed by atoms with E-state index in [1.807, 2.05) is 18.2 Å². The predicted octanol–water partition coefficient (Wildman–Crippen LogP) is 8.49. The van der Waals surface area contributed by atoms with Crippen molar-refractivity contribution in [3.63, 3.8) is 0 Å². The molecule has 0 radical (unpaired) electrons. The number of esters is 2. The molecule has 1 aromatic carbocycles. The van der Waals surface area contributed by atoms with Gasteiger partial charge in [0.1, 0.15) is 5.75 Å². The molecule has 36 heavy (non-hydrogen) atoms. The van der Waals surface area contributed by atoms with Gasteiger partial charge in [-0.15, -0.1) is 0 Å². The van der Waals surface area contributed by atoms with E-state index in [4.69, 9.17) is 21.1 Å². The van der Waals surface area contributed by atoms with Crippen LogP contribution in [0.5, 0.6) is 5.75 Å². The van der Waals surface area contributed by atoms with E-state index in [1.54, 1.807) is 0 Å². The summed E-state index contributed by atoms with van der Waals surface area (Å²) in [6.07, 6.45) is 18.6. The lowest BCUT2D eigenvalue weighted by Gasteiger charge is -2.37. The highest BCUT2D eigenvalue weighted by molar-refractivity contribution is 6.32. The fourth-order valence-electron chi connectivity index (χ4n) is 6.17. The van der Waals surface area contributed by atoms with Gasteiger partial charge < -0.3 is 9.47 Å². The number of halogens is 1. The minimum Gasteiger partial charge on any atom is -0.463 e. The molecule has 0 bridgehead atoms. The maximum atomic E-state index is 12.8. The maximum absolute atomic E-state index is 12.8. The number of benzene rings is 1. The van der Waals surface area contributed by atoms with E-state index < -0.39 is 0 Å². The Labute approximate surface area is 223 Å². The van der Waals surface area contributed by atoms with Crippen LogP contribution in [0.2, 0.25) is 5.02 Å². The summed E-state index contributed by atoms with van der Waals surface area (Å²) >= 11 is 6.46. The third-order valence-corrected chi connectivity index (χ3v) is 8.63. The number of rotatable bonds is 13. The topological polar surface area (TPSA) is 52.6 Å². The summed E-state index contributed by atoms with van der Waals surface area (Å²) in [5, 5.41) is 0.509. The number of unbranched alkanes of at least 4 members (excludes halogenated alkanes) is 3. The molecule has 2 aliphatic rings. The second-order valence-electron chi connectivity index (χ2n) is 10.9. The van der Waals surface area contributed by atoms with Crippen molar-refractivity contribution >= 4 is 23.5 Å². The zero-order valence-electron chi connectivity index (χ0n) is 22.2. The number of carbonyl (C=O) groups excluding carboxylic acids is 2. The summed E-state index contributed by atoms with van der Waals surface area (Å²) in [5.74, 6) is 2.61. The maximum Gasteiger partial charge on any atom is 0.330 e. The third-order valence-electron chi connectivity index (χ3n) is 8.34. The molecule has 2 saturated carbocycles. The van der Waals surface area contributed by atoms with Crippen molar-refractivity contribution in [3.8, 4) is 5.75 Å². The van der Waals surface area contributed by atoms with Gasteiger partial charge in [-0.3, -0.25) is 4.79 Å². The highest BCUT2D eigenvalue weighted by Gasteiger charge is 2.33. The fraction of sp³-hybridized carbons (Fsp3) is 0.677. The number of hydrogen-bond acceptors (Lipinski definition) is 4. The molecule has 3 rings (SSSR count). The van der Waals surface area contributed by atoms with Gasteiger partial charge in [0.05, 0.1) is 17.5 Å². The SMILES string of the molecule is C=CC(=O)OCCCCCCc1ccc(OC(=O)C2CCC(C3CCC(CCC)CC3)CC2)c(Cl)c1. The summed E-state index contributed by atoms with van der Waals surface area (Å²) < 4.78 is 10.7. The van der Waals surface area contributed by atoms with Gasteiger partial charge in [-0.25, -0.2) is 4.79 Å². The Kier molecular flexibility index (Phi) is 12.3. The molecule has 0 aromatic heterocycles. The van der Waals surface area contributed by atoms with Crippen LogP contribution < -0.4 is 4.74 Å². The minimum atomic E-state index is -0.363. The van der Waals surface area contributed by atoms with Crippen LogP contribution in [0.4, 0.5) is 0 Å². The van der Waals surface area contributed by atoms with E-state index in [9.17, 15) is 9.59 Å². The van der Waals surface area contributed by atoms with Gasteiger partial charge in [-0.2, -0.15) is 0 Å². The van der Waals surface area contributed by atoms with Crippen molar-refractivity contribution in [3.05, 3.63) is 41.4 Å². The van der Waals surface area contributed by atoms with Gasteiger partial charge in [0.15, 0.2) is 0 Å². The Hall–Kier alpha value is -1.81. The molecule has 4 nitrogen and oxygen atoms in total. The van der Waals surface area contributed by atoms with Crippen molar-refractivity contribution in [1.29, 1.82) is 0 Å². The molecule has 2 fully saturated rings. The zero-order valence-corrected chi connectivity index (χ0v) is 22.9. The molecule has 0 saturated heterocycles. The molecule has 0 unspecified atom stereocenters. The van der Waals surface area contributed by atoms with Crippen LogP contribution in [-0.4, -0.2) is 18.5 Å². The first-order valence-electron chi connectivity index (χ1n) is 14.3. The average molecular weight is 517 g/mol. The van der Waals surface area contributed by atoms with Crippen LogP contribution in [0, 0.1) is 23.7 Å². The van der Waals surface area contributed by atoms with Crippen molar-refractivity contribution in [2.24, 2.45) is 23.7 Å². The van der Waals surface area contributed by atoms with Crippen LogP contribution in [0.15, 0.2) is 30.9 Å². The summed E-state index contributed by atoms with van der Waals surface area (Å²) in [6, 6.07) is 5.76. The summed E-state index contributed by atoms with van der Waals surface area (Å²) in [5.41, 5.74) is 1.15. The lowest BCUT2D eigenvalue weighted by molar-refractivity contribution is -0.140. The van der Waals surface area contributed by atoms with E-state index in [1.165, 1.54) is 44.6 Å². The normalized spacial score (nSPS) is 24.2. The molecule has 0 aliphatic heterocycles. The first-order chi connectivity index (χ1) is 17.5. The molecule has 200 valence electrons. The van der Waals surface area contributed by atoms with Gasteiger partial charge in [-0.1, -0.05) is 69.7 Å². The number of hydrogen-bond donors (Lipinski definition) is 0. The van der Waals surface area contributed by atoms with Crippen molar-refractivity contribution in [2.75, 3.05) is 6.61 Å². The summed E-state index contributed by atoms with van der Waals surface area (Å²) in [4.78, 5) is 23.9. The molecular weight excluding hydrogens is 472 g/mol. The van der Waals surface area contributed by atoms with Gasteiger partial charge in [0.25, 0.3) is 0 Å². The van der Waals surface area contributed by atoms with Crippen molar-refractivity contribution < 1.29 is 19.1 Å². The Morgan fingerprint density at radius 1 is 0.972 bits per heavy atom. The van der Waals surface area contributed by atoms with E-state index in [0.717, 1.165) is 81.1 Å². The molecule has 0 amide bonds. The molecule has 0 N–H and O–H groups in total. The average Bonchev–Trinajstić information content (AvgIpc) is 2.90. The number of ether oxygens (including phenoxy) is 2. The predicted molar refractivity (Wildman–Crippen MR) is 146 cm³/mol. The molecular formula is C31H45ClO4. The second kappa shape index (κ2) is 15.4. The molecule has 2 aliphatic carbocycles. The Morgan fingerprint density at radius 3 is 2.28 bits per heavy atom. The standard InChI is InChI=1S/C31H45ClO4/c1-3-9-23-11-14-25(15-12-23)26-16-18-27(19-17-26)31(34)36-29-20-13-24(22-28(29)32)10-7-5-6-8-21-35-30(33)4-2/h4,13,20,22-23,25-27H,2-3,5-12,14-19,21H2,1H3. The number of aryl methyl sites for hydroxylation is 1. The molecule has 1 aromatic rings. The largest absolute Gasteiger partial charge is 0.463 e. The van der Waals surface area contributed by atoms with E-state index in [-0.39, 0.29) is 17.9 Å². The second-order valence-corrected chi connectivity index (χ2v) is 11.3. The van der Waals surface area contributed by atoms with Crippen LogP contribution >= 0.6 is 11.6 Å². The first-order valence-corrected chi connectivity index (χ1v) is 14.7. The third kappa shape index (κ3) is 9.25. The van der Waals surface area contributed by atoms with Crippen molar-refractivity contribution in [1.82, 2.24) is 0 Å². The Balaban J connectivity index is 1.34.